The summed E-state index contributed by atoms with van der Waals surface area (Å²) >= 11 is 0. The fourth-order valence-corrected chi connectivity index (χ4v) is 3.23. The highest BCUT2D eigenvalue weighted by molar-refractivity contribution is 5.93. The molecule has 124 valence electrons. The Hall–Kier alpha value is -2.81. The number of hydrogen-bond donors (Lipinski definition) is 0. The second kappa shape index (κ2) is 5.68. The van der Waals surface area contributed by atoms with Crippen molar-refractivity contribution in [2.45, 2.75) is 12.1 Å². The smallest absolute Gasteiger partial charge is 0.274 e. The van der Waals surface area contributed by atoms with Crippen molar-refractivity contribution in [2.24, 2.45) is 0 Å². The molecule has 24 heavy (non-hydrogen) atoms. The van der Waals surface area contributed by atoms with Crippen LogP contribution in [0.5, 0.6) is 0 Å². The molecule has 0 saturated carbocycles. The van der Waals surface area contributed by atoms with Gasteiger partial charge in [-0.2, -0.15) is 5.10 Å². The van der Waals surface area contributed by atoms with Gasteiger partial charge in [-0.05, 0) is 26.2 Å². The molecule has 0 aliphatic carbocycles. The summed E-state index contributed by atoms with van der Waals surface area (Å²) in [5, 5.41) is 12.2. The fourth-order valence-electron chi connectivity index (χ4n) is 3.23. The molecule has 1 amide bonds. The number of imidazole rings is 1. The molecule has 1 saturated heterocycles. The van der Waals surface area contributed by atoms with Gasteiger partial charge in [0.2, 0.25) is 0 Å². The SMILES string of the molecule is CN(C)[C@@H]1CN(C(=O)c2cnc3cccnn23)C[C@@H]1n1ccnn1. The minimum atomic E-state index is -0.0735. The summed E-state index contributed by atoms with van der Waals surface area (Å²) in [5.41, 5.74) is 1.14. The van der Waals surface area contributed by atoms with Crippen molar-refractivity contribution >= 4 is 11.6 Å². The van der Waals surface area contributed by atoms with Crippen molar-refractivity contribution in [1.29, 1.82) is 0 Å². The molecule has 1 aliphatic heterocycles. The largest absolute Gasteiger partial charge is 0.333 e. The number of carbonyl (C=O) groups is 1. The Morgan fingerprint density at radius 1 is 1.29 bits per heavy atom. The molecular weight excluding hydrogens is 308 g/mol. The van der Waals surface area contributed by atoms with Crippen LogP contribution < -0.4 is 0 Å². The molecule has 3 aromatic heterocycles. The monoisotopic (exact) mass is 326 g/mol. The van der Waals surface area contributed by atoms with E-state index in [2.05, 4.69) is 25.3 Å². The van der Waals surface area contributed by atoms with Crippen LogP contribution in [0, 0.1) is 0 Å². The fraction of sp³-hybridized carbons (Fsp3) is 0.400. The quantitative estimate of drug-likeness (QED) is 0.671. The minimum absolute atomic E-state index is 0.0681. The van der Waals surface area contributed by atoms with E-state index >= 15 is 0 Å². The van der Waals surface area contributed by atoms with Gasteiger partial charge in [0, 0.05) is 25.5 Å². The molecule has 0 radical (unpaired) electrons. The molecule has 9 heteroatoms. The molecular formula is C15H18N8O. The van der Waals surface area contributed by atoms with Crippen LogP contribution in [0.3, 0.4) is 0 Å². The number of amides is 1. The molecule has 0 aromatic carbocycles. The lowest BCUT2D eigenvalue weighted by Crippen LogP contribution is -2.37. The minimum Gasteiger partial charge on any atom is -0.333 e. The van der Waals surface area contributed by atoms with E-state index in [1.165, 1.54) is 0 Å². The molecule has 1 aliphatic rings. The molecule has 2 atom stereocenters. The molecule has 1 fully saturated rings. The summed E-state index contributed by atoms with van der Waals surface area (Å²) in [6, 6.07) is 3.87. The topological polar surface area (TPSA) is 84.5 Å². The predicted octanol–water partition coefficient (Wildman–Crippen LogP) is -0.0519. The summed E-state index contributed by atoms with van der Waals surface area (Å²) in [6.45, 7) is 1.20. The first kappa shape index (κ1) is 14.8. The van der Waals surface area contributed by atoms with E-state index in [0.717, 1.165) is 0 Å². The van der Waals surface area contributed by atoms with Gasteiger partial charge < -0.3 is 9.80 Å². The van der Waals surface area contributed by atoms with Gasteiger partial charge in [-0.1, -0.05) is 5.21 Å². The van der Waals surface area contributed by atoms with E-state index in [9.17, 15) is 4.79 Å². The summed E-state index contributed by atoms with van der Waals surface area (Å²) in [7, 11) is 4.02. The Morgan fingerprint density at radius 3 is 2.92 bits per heavy atom. The molecule has 0 unspecified atom stereocenters. The van der Waals surface area contributed by atoms with Crippen LogP contribution in [0.15, 0.2) is 36.9 Å². The van der Waals surface area contributed by atoms with Crippen LogP contribution in [0.4, 0.5) is 0 Å². The van der Waals surface area contributed by atoms with Crippen LogP contribution >= 0.6 is 0 Å². The third-order valence-corrected chi connectivity index (χ3v) is 4.49. The second-order valence-corrected chi connectivity index (χ2v) is 6.13. The van der Waals surface area contributed by atoms with Crippen molar-refractivity contribution in [3.63, 3.8) is 0 Å². The number of hydrogen-bond acceptors (Lipinski definition) is 6. The summed E-state index contributed by atoms with van der Waals surface area (Å²) in [4.78, 5) is 21.2. The Morgan fingerprint density at radius 2 is 2.17 bits per heavy atom. The van der Waals surface area contributed by atoms with E-state index in [0.29, 0.717) is 24.4 Å². The van der Waals surface area contributed by atoms with E-state index in [-0.39, 0.29) is 18.0 Å². The lowest BCUT2D eigenvalue weighted by Gasteiger charge is -2.24. The van der Waals surface area contributed by atoms with Gasteiger partial charge in [0.15, 0.2) is 11.3 Å². The molecule has 3 aromatic rings. The number of likely N-dealkylation sites (N-methyl/N-ethyl adjacent to an activating group) is 1. The molecule has 4 heterocycles. The molecule has 0 N–H and O–H groups in total. The predicted molar refractivity (Wildman–Crippen MR) is 85.4 cm³/mol. The van der Waals surface area contributed by atoms with E-state index in [1.807, 2.05) is 35.9 Å². The highest BCUT2D eigenvalue weighted by Gasteiger charge is 2.39. The van der Waals surface area contributed by atoms with Crippen molar-refractivity contribution in [2.75, 3.05) is 27.2 Å². The summed E-state index contributed by atoms with van der Waals surface area (Å²) in [5.74, 6) is -0.0735. The zero-order chi connectivity index (χ0) is 16.7. The molecule has 9 nitrogen and oxygen atoms in total. The first-order valence-corrected chi connectivity index (χ1v) is 7.75. The number of likely N-dealkylation sites (tertiary alicyclic amines) is 1. The number of carbonyl (C=O) groups excluding carboxylic acids is 1. The maximum absolute atomic E-state index is 13.0. The molecule has 0 spiro atoms. The Kier molecular flexibility index (Phi) is 3.49. The normalized spacial score (nSPS) is 21.0. The van der Waals surface area contributed by atoms with Gasteiger partial charge in [-0.15, -0.1) is 5.10 Å². The first-order valence-electron chi connectivity index (χ1n) is 7.75. The Balaban J connectivity index is 1.64. The van der Waals surface area contributed by atoms with Crippen LogP contribution in [-0.4, -0.2) is 78.5 Å². The average Bonchev–Trinajstić information content (AvgIpc) is 3.31. The number of rotatable bonds is 3. The lowest BCUT2D eigenvalue weighted by atomic mass is 10.1. The zero-order valence-corrected chi connectivity index (χ0v) is 13.5. The van der Waals surface area contributed by atoms with Crippen LogP contribution in [0.2, 0.25) is 0 Å². The number of nitrogens with zero attached hydrogens (tertiary/aromatic N) is 8. The van der Waals surface area contributed by atoms with E-state index in [4.69, 9.17) is 0 Å². The third kappa shape index (κ3) is 2.33. The van der Waals surface area contributed by atoms with Gasteiger partial charge in [0.05, 0.1) is 24.5 Å². The summed E-state index contributed by atoms with van der Waals surface area (Å²) < 4.78 is 3.40. The lowest BCUT2D eigenvalue weighted by molar-refractivity contribution is 0.0773. The Labute approximate surface area is 138 Å². The second-order valence-electron chi connectivity index (χ2n) is 6.13. The van der Waals surface area contributed by atoms with Gasteiger partial charge in [-0.3, -0.25) is 4.79 Å². The first-order chi connectivity index (χ1) is 11.6. The Bertz CT molecular complexity index is 855. The maximum Gasteiger partial charge on any atom is 0.274 e. The zero-order valence-electron chi connectivity index (χ0n) is 13.5. The highest BCUT2D eigenvalue weighted by atomic mass is 16.2. The molecule has 4 rings (SSSR count). The van der Waals surface area contributed by atoms with Gasteiger partial charge in [-0.25, -0.2) is 14.2 Å². The molecule has 0 bridgehead atoms. The van der Waals surface area contributed by atoms with Crippen molar-refractivity contribution in [3.05, 3.63) is 42.6 Å². The van der Waals surface area contributed by atoms with Crippen LogP contribution in [0.1, 0.15) is 16.5 Å². The average molecular weight is 326 g/mol. The number of fused-ring (bicyclic) bond motifs is 1. The van der Waals surface area contributed by atoms with Crippen LogP contribution in [0.25, 0.3) is 5.65 Å². The van der Waals surface area contributed by atoms with Crippen molar-refractivity contribution < 1.29 is 4.79 Å². The van der Waals surface area contributed by atoms with Crippen molar-refractivity contribution in [3.8, 4) is 0 Å². The highest BCUT2D eigenvalue weighted by Crippen LogP contribution is 2.25. The van der Waals surface area contributed by atoms with Gasteiger partial charge in [0.1, 0.15) is 0 Å². The van der Waals surface area contributed by atoms with E-state index in [1.54, 1.807) is 29.2 Å². The van der Waals surface area contributed by atoms with Gasteiger partial charge >= 0.3 is 0 Å². The maximum atomic E-state index is 13.0. The number of aromatic nitrogens is 6. The standard InChI is InChI=1S/C15H18N8O/c1-20(2)12-9-21(10-13(12)22-7-6-17-19-22)15(24)11-8-16-14-4-3-5-18-23(11)14/h3-8,12-13H,9-10H2,1-2H3/t12-,13+/m1/s1. The van der Waals surface area contributed by atoms with Crippen LogP contribution in [-0.2, 0) is 0 Å². The summed E-state index contributed by atoms with van der Waals surface area (Å²) in [6.07, 6.45) is 6.73. The third-order valence-electron chi connectivity index (χ3n) is 4.49. The van der Waals surface area contributed by atoms with Crippen molar-refractivity contribution in [1.82, 2.24) is 39.4 Å². The van der Waals surface area contributed by atoms with Gasteiger partial charge in [0.25, 0.3) is 5.91 Å². The van der Waals surface area contributed by atoms with E-state index < -0.39 is 0 Å².